The molecule has 3 heterocycles. The van der Waals surface area contributed by atoms with Gasteiger partial charge in [0.15, 0.2) is 11.5 Å². The molecule has 5 rings (SSSR count). The molecule has 170 valence electrons. The highest BCUT2D eigenvalue weighted by Crippen LogP contribution is 2.21. The van der Waals surface area contributed by atoms with Crippen molar-refractivity contribution in [2.24, 2.45) is 7.05 Å². The fourth-order valence-corrected chi connectivity index (χ4v) is 3.21. The van der Waals surface area contributed by atoms with E-state index >= 15 is 0 Å². The van der Waals surface area contributed by atoms with Gasteiger partial charge in [-0.05, 0) is 36.4 Å². The molecule has 33 heavy (non-hydrogen) atoms. The number of aromatic amines is 1. The molecule has 5 aromatic rings. The van der Waals surface area contributed by atoms with Crippen molar-refractivity contribution < 1.29 is 34.4 Å². The predicted octanol–water partition coefficient (Wildman–Crippen LogP) is -2.46. The number of imidazole rings is 1. The zero-order valence-corrected chi connectivity index (χ0v) is 19.8. The van der Waals surface area contributed by atoms with Gasteiger partial charge in [0.1, 0.15) is 13.2 Å². The molecule has 0 saturated heterocycles. The van der Waals surface area contributed by atoms with E-state index in [0.29, 0.717) is 0 Å². The van der Waals surface area contributed by atoms with Crippen LogP contribution >= 0.6 is 0 Å². The van der Waals surface area contributed by atoms with Gasteiger partial charge in [0.2, 0.25) is 0 Å². The van der Waals surface area contributed by atoms with E-state index in [9.17, 15) is 0 Å². The van der Waals surface area contributed by atoms with E-state index < -0.39 is 0 Å². The van der Waals surface area contributed by atoms with E-state index in [2.05, 4.69) is 42.3 Å². The third kappa shape index (κ3) is 6.19. The fraction of sp³-hybridized carbons (Fsp3) is 0.0833. The molecule has 0 aliphatic carbocycles. The van der Waals surface area contributed by atoms with Crippen molar-refractivity contribution in [1.82, 2.24) is 14.5 Å². The van der Waals surface area contributed by atoms with Crippen LogP contribution in [0.4, 0.5) is 17.2 Å². The summed E-state index contributed by atoms with van der Waals surface area (Å²) in [5.74, 6) is 0.839. The van der Waals surface area contributed by atoms with Gasteiger partial charge in [0, 0.05) is 18.9 Å². The van der Waals surface area contributed by atoms with Crippen LogP contribution in [0.1, 0.15) is 0 Å². The van der Waals surface area contributed by atoms with Gasteiger partial charge in [-0.2, -0.15) is 9.55 Å². The highest BCUT2D eigenvalue weighted by atomic mass is 35.5. The number of hydrogen-bond acceptors (Lipinski definition) is 4. The molecule has 0 aliphatic heterocycles. The van der Waals surface area contributed by atoms with Gasteiger partial charge in [-0.3, -0.25) is 0 Å². The Morgan fingerprint density at radius 2 is 1.55 bits per heavy atom. The van der Waals surface area contributed by atoms with Gasteiger partial charge in [-0.1, -0.05) is 36.4 Å². The van der Waals surface area contributed by atoms with Crippen LogP contribution in [0.25, 0.3) is 17.0 Å². The molecule has 0 saturated carbocycles. The van der Waals surface area contributed by atoms with Crippen LogP contribution in [0, 0.1) is 0 Å². The van der Waals surface area contributed by atoms with Crippen LogP contribution in [0.5, 0.6) is 0 Å². The first-order chi connectivity index (χ1) is 15.3. The number of aromatic nitrogens is 5. The molecule has 0 aliphatic rings. The number of nitrogens with zero attached hydrogens (tertiary/aromatic N) is 4. The smallest absolute Gasteiger partial charge is 0.415 e. The molecule has 3 N–H and O–H groups in total. The first-order valence-corrected chi connectivity index (χ1v) is 10.00. The van der Waals surface area contributed by atoms with E-state index in [4.69, 9.17) is 0 Å². The van der Waals surface area contributed by atoms with Crippen molar-refractivity contribution in [3.05, 3.63) is 97.7 Å². The van der Waals surface area contributed by atoms with Crippen LogP contribution in [0.2, 0.25) is 0 Å². The molecular weight excluding hydrogens is 457 g/mol. The Bertz CT molecular complexity index is 1260. The Kier molecular flexibility index (Phi) is 9.60. The Morgan fingerprint density at radius 1 is 0.848 bits per heavy atom. The number of fused-ring (bicyclic) bond motifs is 1. The van der Waals surface area contributed by atoms with Crippen molar-refractivity contribution in [1.29, 1.82) is 0 Å². The topological polar surface area (TPSA) is 72.8 Å². The third-order valence-electron chi connectivity index (χ3n) is 4.72. The number of aryl methyl sites for hydroxylation is 1. The number of rotatable bonds is 4. The average Bonchev–Trinajstić information content (AvgIpc) is 3.18. The van der Waals surface area contributed by atoms with E-state index in [0.717, 1.165) is 34.2 Å². The number of anilines is 3. The highest BCUT2D eigenvalue weighted by molar-refractivity contribution is 5.70. The number of halogens is 2. The summed E-state index contributed by atoms with van der Waals surface area (Å²) in [4.78, 5) is 11.8. The van der Waals surface area contributed by atoms with Crippen LogP contribution in [0.15, 0.2) is 97.7 Å². The van der Waals surface area contributed by atoms with E-state index in [1.165, 1.54) is 0 Å². The predicted molar refractivity (Wildman–Crippen MR) is 122 cm³/mol. The monoisotopic (exact) mass is 481 g/mol. The summed E-state index contributed by atoms with van der Waals surface area (Å²) < 4.78 is 4.08. The Hall–Kier alpha value is -3.68. The second-order valence-electron chi connectivity index (χ2n) is 6.83. The maximum Gasteiger partial charge on any atom is 0.415 e. The number of H-pyrrole nitrogens is 1. The lowest BCUT2D eigenvalue weighted by Crippen LogP contribution is -3.00. The molecule has 3 aromatic heterocycles. The normalized spacial score (nSPS) is 9.64. The summed E-state index contributed by atoms with van der Waals surface area (Å²) >= 11 is 0. The van der Waals surface area contributed by atoms with Crippen LogP contribution in [0.3, 0.4) is 0 Å². The zero-order valence-electron chi connectivity index (χ0n) is 18.3. The van der Waals surface area contributed by atoms with Gasteiger partial charge in [-0.25, -0.2) is 9.97 Å². The summed E-state index contributed by atoms with van der Waals surface area (Å²) in [6, 6.07) is 24.1. The Balaban J connectivity index is 0.000000221. The minimum absolute atomic E-state index is 0. The van der Waals surface area contributed by atoms with Gasteiger partial charge < -0.3 is 35.4 Å². The molecule has 0 atom stereocenters. The second kappa shape index (κ2) is 12.4. The molecule has 0 fully saturated rings. The third-order valence-corrected chi connectivity index (χ3v) is 4.72. The molecule has 0 amide bonds. The molecule has 9 heteroatoms. The van der Waals surface area contributed by atoms with Crippen molar-refractivity contribution in [3.63, 3.8) is 0 Å². The van der Waals surface area contributed by atoms with Gasteiger partial charge in [0.25, 0.3) is 0 Å². The summed E-state index contributed by atoms with van der Waals surface area (Å²) in [5, 5.41) is 6.34. The molecular formula is C24H25Cl2N7. The lowest BCUT2D eigenvalue weighted by molar-refractivity contribution is -0.682. The Labute approximate surface area is 205 Å². The molecule has 0 radical (unpaired) electrons. The maximum absolute atomic E-state index is 4.39. The highest BCUT2D eigenvalue weighted by Gasteiger charge is 2.22. The van der Waals surface area contributed by atoms with Gasteiger partial charge >= 0.3 is 17.6 Å². The summed E-state index contributed by atoms with van der Waals surface area (Å²) in [5.41, 5.74) is 5.07. The molecule has 0 spiro atoms. The first kappa shape index (κ1) is 25.6. The number of hydrogen-bond donors (Lipinski definition) is 2. The van der Waals surface area contributed by atoms with Crippen molar-refractivity contribution in [2.45, 2.75) is 0 Å². The summed E-state index contributed by atoms with van der Waals surface area (Å²) in [6.45, 7) is 0. The number of pyridine rings is 1. The van der Waals surface area contributed by atoms with Crippen LogP contribution in [-0.4, -0.2) is 21.6 Å². The zero-order chi connectivity index (χ0) is 21.5. The van der Waals surface area contributed by atoms with Crippen molar-refractivity contribution in [2.75, 3.05) is 17.7 Å². The molecule has 0 bridgehead atoms. The lowest BCUT2D eigenvalue weighted by Gasteiger charge is -2.09. The Morgan fingerprint density at radius 3 is 2.24 bits per heavy atom. The SMILES string of the molecule is CNc1cccnc1Nc1ccccc1.C[n+]1cn(-c2ccccc2)c2ncc[nH+]c21.[Cl-].[Cl-]. The number of nitrogens with one attached hydrogen (secondary N) is 3. The van der Waals surface area contributed by atoms with Crippen molar-refractivity contribution >= 4 is 28.5 Å². The number of para-hydroxylation sites is 2. The van der Waals surface area contributed by atoms with Gasteiger partial charge in [0.05, 0.1) is 11.9 Å². The minimum Gasteiger partial charge on any atom is -1.00 e. The summed E-state index contributed by atoms with van der Waals surface area (Å²) in [7, 11) is 3.88. The maximum atomic E-state index is 4.39. The minimum atomic E-state index is 0. The average molecular weight is 482 g/mol. The first-order valence-electron chi connectivity index (χ1n) is 10.00. The van der Waals surface area contributed by atoms with Crippen LogP contribution in [-0.2, 0) is 7.05 Å². The molecule has 0 unspecified atom stereocenters. The summed E-state index contributed by atoms with van der Waals surface area (Å²) in [6.07, 6.45) is 7.38. The largest absolute Gasteiger partial charge is 1.00 e. The van der Waals surface area contributed by atoms with Gasteiger partial charge in [-0.15, -0.1) is 4.57 Å². The standard InChI is InChI=1S/C12H11N4.C12H13N3.2ClH/c1-15-9-16(10-5-3-2-4-6-10)12-11(15)13-7-8-14-12;1-13-11-8-5-9-14-12(11)15-10-6-3-2-4-7-10;;/h2-9H,1H3;2-9,13H,1H3,(H,14,15);2*1H/q+1;;;/p-1. The second-order valence-corrected chi connectivity index (χ2v) is 6.83. The lowest BCUT2D eigenvalue weighted by atomic mass is 10.3. The number of benzene rings is 2. The fourth-order valence-electron chi connectivity index (χ4n) is 3.21. The van der Waals surface area contributed by atoms with E-state index in [-0.39, 0.29) is 24.8 Å². The van der Waals surface area contributed by atoms with Crippen LogP contribution < -0.4 is 45.0 Å². The molecule has 7 nitrogen and oxygen atoms in total. The van der Waals surface area contributed by atoms with E-state index in [1.807, 2.05) is 91.9 Å². The van der Waals surface area contributed by atoms with E-state index in [1.54, 1.807) is 12.4 Å². The van der Waals surface area contributed by atoms with Crippen molar-refractivity contribution in [3.8, 4) is 5.69 Å². The molecule has 2 aromatic carbocycles. The quantitative estimate of drug-likeness (QED) is 0.279.